The molecule has 0 radical (unpaired) electrons. The van der Waals surface area contributed by atoms with E-state index >= 15 is 0 Å². The number of hydrogen-bond donors (Lipinski definition) is 2. The predicted octanol–water partition coefficient (Wildman–Crippen LogP) is 3.96. The lowest BCUT2D eigenvalue weighted by molar-refractivity contribution is 0.340. The van der Waals surface area contributed by atoms with Gasteiger partial charge in [-0.3, -0.25) is 0 Å². The largest absolute Gasteiger partial charge is 0.494 e. The maximum Gasteiger partial charge on any atom is 0.119 e. The van der Waals surface area contributed by atoms with E-state index in [0.717, 1.165) is 21.5 Å². The number of halogens is 1. The molecular formula is C16H19BrN2O. The summed E-state index contributed by atoms with van der Waals surface area (Å²) in [5.41, 5.74) is 8.08. The maximum atomic E-state index is 5.88. The maximum absolute atomic E-state index is 5.88. The van der Waals surface area contributed by atoms with E-state index in [4.69, 9.17) is 10.5 Å². The fraction of sp³-hybridized carbons (Fsp3) is 0.250. The van der Waals surface area contributed by atoms with Crippen molar-refractivity contribution in [1.29, 1.82) is 0 Å². The van der Waals surface area contributed by atoms with E-state index < -0.39 is 0 Å². The van der Waals surface area contributed by atoms with Gasteiger partial charge in [-0.2, -0.15) is 0 Å². The van der Waals surface area contributed by atoms with Crippen molar-refractivity contribution in [3.63, 3.8) is 0 Å². The number of hydrogen-bond acceptors (Lipinski definition) is 3. The van der Waals surface area contributed by atoms with E-state index in [1.165, 1.54) is 0 Å². The molecule has 3 nitrogen and oxygen atoms in total. The highest BCUT2D eigenvalue weighted by atomic mass is 79.9. The van der Waals surface area contributed by atoms with E-state index in [1.54, 1.807) is 0 Å². The fourth-order valence-corrected chi connectivity index (χ4v) is 2.42. The standard InChI is InChI=1S/C16H19BrN2O/c1-2-20-15-8-6-12(7-9-15)16(11-18)19-14-5-3-4-13(17)10-14/h3-10,16,19H,2,11,18H2,1H3. The summed E-state index contributed by atoms with van der Waals surface area (Å²) in [4.78, 5) is 0. The van der Waals surface area contributed by atoms with Crippen LogP contribution in [0.3, 0.4) is 0 Å². The monoisotopic (exact) mass is 334 g/mol. The van der Waals surface area contributed by atoms with E-state index in [2.05, 4.69) is 21.2 Å². The number of rotatable bonds is 6. The van der Waals surface area contributed by atoms with Crippen LogP contribution in [0.4, 0.5) is 5.69 Å². The van der Waals surface area contributed by atoms with Gasteiger partial charge in [0, 0.05) is 16.7 Å². The normalized spacial score (nSPS) is 11.9. The van der Waals surface area contributed by atoms with Crippen molar-refractivity contribution >= 4 is 21.6 Å². The summed E-state index contributed by atoms with van der Waals surface area (Å²) in [7, 11) is 0. The van der Waals surface area contributed by atoms with Crippen molar-refractivity contribution in [3.05, 3.63) is 58.6 Å². The highest BCUT2D eigenvalue weighted by Gasteiger charge is 2.09. The fourth-order valence-electron chi connectivity index (χ4n) is 2.02. The molecule has 0 amide bonds. The van der Waals surface area contributed by atoms with Gasteiger partial charge < -0.3 is 15.8 Å². The van der Waals surface area contributed by atoms with Crippen LogP contribution in [-0.4, -0.2) is 13.2 Å². The van der Waals surface area contributed by atoms with Gasteiger partial charge in [0.15, 0.2) is 0 Å². The molecule has 0 aliphatic carbocycles. The van der Waals surface area contributed by atoms with Gasteiger partial charge in [0.05, 0.1) is 12.6 Å². The third-order valence-electron chi connectivity index (χ3n) is 2.99. The van der Waals surface area contributed by atoms with Crippen LogP contribution >= 0.6 is 15.9 Å². The lowest BCUT2D eigenvalue weighted by Crippen LogP contribution is -2.20. The number of nitrogens with one attached hydrogen (secondary N) is 1. The molecule has 3 N–H and O–H groups in total. The van der Waals surface area contributed by atoms with Gasteiger partial charge in [0.2, 0.25) is 0 Å². The van der Waals surface area contributed by atoms with Gasteiger partial charge in [-0.15, -0.1) is 0 Å². The minimum Gasteiger partial charge on any atom is -0.494 e. The van der Waals surface area contributed by atoms with Crippen LogP contribution in [0.1, 0.15) is 18.5 Å². The molecule has 0 aliphatic rings. The number of ether oxygens (including phenoxy) is 1. The summed E-state index contributed by atoms with van der Waals surface area (Å²) in [6, 6.07) is 16.2. The Bertz CT molecular complexity index is 542. The van der Waals surface area contributed by atoms with E-state index in [-0.39, 0.29) is 6.04 Å². The second-order valence-corrected chi connectivity index (χ2v) is 5.36. The third kappa shape index (κ3) is 3.99. The van der Waals surface area contributed by atoms with Crippen molar-refractivity contribution in [2.75, 3.05) is 18.5 Å². The van der Waals surface area contributed by atoms with Crippen LogP contribution in [0.2, 0.25) is 0 Å². The summed E-state index contributed by atoms with van der Waals surface area (Å²) in [6.07, 6.45) is 0. The summed E-state index contributed by atoms with van der Waals surface area (Å²) in [5, 5.41) is 3.44. The summed E-state index contributed by atoms with van der Waals surface area (Å²) >= 11 is 3.47. The van der Waals surface area contributed by atoms with Crippen molar-refractivity contribution in [3.8, 4) is 5.75 Å². The Labute approximate surface area is 128 Å². The Morgan fingerprint density at radius 2 is 1.95 bits per heavy atom. The zero-order valence-electron chi connectivity index (χ0n) is 11.5. The van der Waals surface area contributed by atoms with Crippen molar-refractivity contribution in [2.45, 2.75) is 13.0 Å². The van der Waals surface area contributed by atoms with Gasteiger partial charge >= 0.3 is 0 Å². The second-order valence-electron chi connectivity index (χ2n) is 4.45. The first-order chi connectivity index (χ1) is 9.72. The number of anilines is 1. The molecule has 0 heterocycles. The van der Waals surface area contributed by atoms with Gasteiger partial charge in [-0.05, 0) is 42.8 Å². The van der Waals surface area contributed by atoms with E-state index in [0.29, 0.717) is 13.2 Å². The lowest BCUT2D eigenvalue weighted by atomic mass is 10.1. The Morgan fingerprint density at radius 3 is 2.55 bits per heavy atom. The molecular weight excluding hydrogens is 316 g/mol. The Hall–Kier alpha value is -1.52. The predicted molar refractivity (Wildman–Crippen MR) is 87.2 cm³/mol. The van der Waals surface area contributed by atoms with Gasteiger partial charge in [0.25, 0.3) is 0 Å². The molecule has 1 atom stereocenters. The third-order valence-corrected chi connectivity index (χ3v) is 3.49. The van der Waals surface area contributed by atoms with Gasteiger partial charge in [0.1, 0.15) is 5.75 Å². The number of nitrogens with two attached hydrogens (primary N) is 1. The molecule has 2 aromatic rings. The van der Waals surface area contributed by atoms with Crippen molar-refractivity contribution in [2.24, 2.45) is 5.73 Å². The summed E-state index contributed by atoms with van der Waals surface area (Å²) in [5.74, 6) is 0.884. The van der Waals surface area contributed by atoms with E-state index in [9.17, 15) is 0 Å². The molecule has 0 spiro atoms. The van der Waals surface area contributed by atoms with Gasteiger partial charge in [-0.1, -0.05) is 34.1 Å². The molecule has 0 fully saturated rings. The molecule has 20 heavy (non-hydrogen) atoms. The van der Waals surface area contributed by atoms with Crippen molar-refractivity contribution in [1.82, 2.24) is 0 Å². The minimum atomic E-state index is 0.0833. The Balaban J connectivity index is 2.11. The molecule has 1 unspecified atom stereocenters. The van der Waals surface area contributed by atoms with Gasteiger partial charge in [-0.25, -0.2) is 0 Å². The molecule has 0 aromatic heterocycles. The van der Waals surface area contributed by atoms with Crippen LogP contribution in [0.5, 0.6) is 5.75 Å². The topological polar surface area (TPSA) is 47.3 Å². The zero-order valence-corrected chi connectivity index (χ0v) is 13.1. The molecule has 0 saturated carbocycles. The molecule has 0 bridgehead atoms. The molecule has 106 valence electrons. The average Bonchev–Trinajstić information content (AvgIpc) is 2.46. The van der Waals surface area contributed by atoms with Crippen LogP contribution in [0, 0.1) is 0 Å². The first-order valence-corrected chi connectivity index (χ1v) is 7.47. The highest BCUT2D eigenvalue weighted by molar-refractivity contribution is 9.10. The first-order valence-electron chi connectivity index (χ1n) is 6.68. The Kier molecular flexibility index (Phi) is 5.44. The minimum absolute atomic E-state index is 0.0833. The quantitative estimate of drug-likeness (QED) is 0.840. The SMILES string of the molecule is CCOc1ccc(C(CN)Nc2cccc(Br)c2)cc1. The summed E-state index contributed by atoms with van der Waals surface area (Å²) in [6.45, 7) is 3.18. The van der Waals surface area contributed by atoms with Crippen LogP contribution in [0.25, 0.3) is 0 Å². The summed E-state index contributed by atoms with van der Waals surface area (Å²) < 4.78 is 6.50. The number of benzene rings is 2. The smallest absolute Gasteiger partial charge is 0.119 e. The lowest BCUT2D eigenvalue weighted by Gasteiger charge is -2.19. The molecule has 0 aliphatic heterocycles. The van der Waals surface area contributed by atoms with Crippen molar-refractivity contribution < 1.29 is 4.74 Å². The molecule has 2 rings (SSSR count). The molecule has 0 saturated heterocycles. The highest BCUT2D eigenvalue weighted by Crippen LogP contribution is 2.23. The molecule has 4 heteroatoms. The van der Waals surface area contributed by atoms with Crippen LogP contribution < -0.4 is 15.8 Å². The first kappa shape index (κ1) is 14.9. The second kappa shape index (κ2) is 7.31. The Morgan fingerprint density at radius 1 is 1.20 bits per heavy atom. The van der Waals surface area contributed by atoms with Crippen LogP contribution in [0.15, 0.2) is 53.0 Å². The zero-order chi connectivity index (χ0) is 14.4. The van der Waals surface area contributed by atoms with Crippen LogP contribution in [-0.2, 0) is 0 Å². The average molecular weight is 335 g/mol. The van der Waals surface area contributed by atoms with E-state index in [1.807, 2.05) is 55.5 Å². The molecule has 2 aromatic carbocycles.